The van der Waals surface area contributed by atoms with Crippen molar-refractivity contribution in [3.63, 3.8) is 0 Å². The Morgan fingerprint density at radius 3 is 1.55 bits per heavy atom. The number of halogens is 1. The lowest BCUT2D eigenvalue weighted by molar-refractivity contribution is -0.122. The van der Waals surface area contributed by atoms with Crippen LogP contribution in [0.15, 0.2) is 158 Å². The number of nitrogens with zero attached hydrogens (tertiary/aromatic N) is 4. The number of pyridine rings is 2. The van der Waals surface area contributed by atoms with Gasteiger partial charge in [0.05, 0.1) is 23.8 Å². The van der Waals surface area contributed by atoms with Crippen molar-refractivity contribution in [2.24, 2.45) is 0 Å². The highest BCUT2D eigenvalue weighted by Gasteiger charge is 2.20. The average molecular weight is 1260 g/mol. The second-order valence-corrected chi connectivity index (χ2v) is 21.9. The second kappa shape index (κ2) is 37.3. The molecule has 0 unspecified atom stereocenters. The molecule has 8 rings (SSSR count). The molecule has 2 aromatic heterocycles. The number of unbranched alkanes of at least 4 members (excludes halogenated alkanes) is 4. The van der Waals surface area contributed by atoms with Gasteiger partial charge in [0.1, 0.15) is 35.7 Å². The number of hydrogen-bond donors (Lipinski definition) is 4. The van der Waals surface area contributed by atoms with Gasteiger partial charge in [-0.15, -0.1) is 6.58 Å². The number of ether oxygens (including phenoxy) is 2. The summed E-state index contributed by atoms with van der Waals surface area (Å²) < 4.78 is 12.4. The Balaban J connectivity index is 0.000000291. The van der Waals surface area contributed by atoms with Crippen LogP contribution in [0.25, 0.3) is 34.0 Å². The number of para-hydroxylation sites is 2. The van der Waals surface area contributed by atoms with Crippen LogP contribution in [0, 0.1) is 34.6 Å². The van der Waals surface area contributed by atoms with Gasteiger partial charge in [0, 0.05) is 84.9 Å². The van der Waals surface area contributed by atoms with Crippen LogP contribution >= 0.6 is 11.6 Å². The minimum atomic E-state index is -0.416. The van der Waals surface area contributed by atoms with Crippen molar-refractivity contribution in [2.45, 2.75) is 108 Å². The fourth-order valence-corrected chi connectivity index (χ4v) is 9.75. The summed E-state index contributed by atoms with van der Waals surface area (Å²) in [6.07, 6.45) is 14.6. The highest BCUT2D eigenvalue weighted by molar-refractivity contribution is 6.34. The number of allylic oxidation sites excluding steroid dienone is 1. The van der Waals surface area contributed by atoms with E-state index in [1.54, 1.807) is 92.8 Å². The molecule has 0 saturated heterocycles. The summed E-state index contributed by atoms with van der Waals surface area (Å²) in [5, 5.41) is 12.9. The zero-order valence-electron chi connectivity index (χ0n) is 55.1. The maximum atomic E-state index is 13.0. The molecule has 0 radical (unpaired) electrons. The first kappa shape index (κ1) is 72.8. The maximum Gasteiger partial charge on any atom is 0.251 e. The molecule has 2 heterocycles. The zero-order valence-corrected chi connectivity index (χ0v) is 55.8. The molecule has 4 N–H and O–H groups in total. The zero-order chi connectivity index (χ0) is 67.3. The van der Waals surface area contributed by atoms with E-state index in [9.17, 15) is 28.8 Å². The summed E-state index contributed by atoms with van der Waals surface area (Å²) in [7, 11) is 4.87. The number of fused-ring (bicyclic) bond motifs is 2. The van der Waals surface area contributed by atoms with Crippen molar-refractivity contribution in [3.8, 4) is 11.5 Å². The molecule has 8 aromatic rings. The Morgan fingerprint density at radius 2 is 1.07 bits per heavy atom. The number of aryl methyl sites for hydroxylation is 4. The van der Waals surface area contributed by atoms with E-state index in [0.29, 0.717) is 40.1 Å². The molecule has 92 heavy (non-hydrogen) atoms. The van der Waals surface area contributed by atoms with Crippen molar-refractivity contribution in [1.82, 2.24) is 25.9 Å². The summed E-state index contributed by atoms with van der Waals surface area (Å²) in [5.41, 5.74) is 12.0. The highest BCUT2D eigenvalue weighted by Crippen LogP contribution is 2.34. The standard InChI is InChI=1S/C33H34N4O4.C32H31ClN4O4.C8H16.C2H6/c1-21-9-17-28(23(3)27(21)20-41-29-8-6-7-25-14-10-22(2)36-32(25)29)37(5)31(39)19-35-30(38)18-13-24-11-15-26(16-12-24)33(40)34-4;1-20-8-16-27(31(33)26(20)19-41-28-7-5-6-24-13-9-21(2)35-32(24)28)37(4)30(40)18-34-29(39)17-12-23-10-14-25(15-11-23)36-22(3)38;1-3-5-7-8-6-4-2;1-2/h6-18H,19-20H2,1-5H3,(H,34,40)(H,35,38);5-17H,18-19H2,1-4H3,(H,34,39)(H,36,38);3H,1,4-8H2,2H3;1-2H3/b18-13+;17-12+;;. The Kier molecular flexibility index (Phi) is 29.5. The van der Waals surface area contributed by atoms with Crippen molar-refractivity contribution >= 4 is 98.1 Å². The third kappa shape index (κ3) is 21.9. The summed E-state index contributed by atoms with van der Waals surface area (Å²) in [6.45, 7) is 21.3. The monoisotopic (exact) mass is 1260 g/mol. The normalized spacial score (nSPS) is 10.6. The topological polar surface area (TPSA) is 201 Å². The number of likely N-dealkylation sites (N-methyl/N-ethyl adjacent to an activating group) is 2. The van der Waals surface area contributed by atoms with Crippen LogP contribution in [0.4, 0.5) is 17.1 Å². The van der Waals surface area contributed by atoms with E-state index in [0.717, 1.165) is 77.8 Å². The first-order chi connectivity index (χ1) is 44.2. The van der Waals surface area contributed by atoms with E-state index in [-0.39, 0.29) is 43.3 Å². The molecule has 0 aliphatic carbocycles. The molecule has 0 aliphatic rings. The second-order valence-electron chi connectivity index (χ2n) is 21.5. The van der Waals surface area contributed by atoms with Crippen LogP contribution in [-0.4, -0.2) is 79.6 Å². The van der Waals surface area contributed by atoms with E-state index < -0.39 is 11.8 Å². The van der Waals surface area contributed by atoms with E-state index in [2.05, 4.69) is 44.7 Å². The minimum absolute atomic E-state index is 0.157. The van der Waals surface area contributed by atoms with Gasteiger partial charge >= 0.3 is 0 Å². The molecule has 6 amide bonds. The van der Waals surface area contributed by atoms with Gasteiger partial charge in [-0.05, 0) is 154 Å². The first-order valence-corrected chi connectivity index (χ1v) is 31.2. The van der Waals surface area contributed by atoms with Gasteiger partial charge in [0.15, 0.2) is 0 Å². The number of nitrogens with one attached hydrogen (secondary N) is 4. The van der Waals surface area contributed by atoms with Crippen LogP contribution in [0.3, 0.4) is 0 Å². The highest BCUT2D eigenvalue weighted by atomic mass is 35.5. The minimum Gasteiger partial charge on any atom is -0.487 e. The summed E-state index contributed by atoms with van der Waals surface area (Å²) in [4.78, 5) is 85.6. The van der Waals surface area contributed by atoms with E-state index in [4.69, 9.17) is 21.1 Å². The fraction of sp³-hybridized carbons (Fsp3) is 0.280. The van der Waals surface area contributed by atoms with Crippen LogP contribution in [-0.2, 0) is 37.2 Å². The lowest BCUT2D eigenvalue weighted by atomic mass is 10.0. The SMILES string of the molecule is C=CCCCCCC.CC.CC(=O)Nc1ccc(/C=C/C(=O)NCC(=O)N(C)c2ccc(C)c(COc3cccc4ccc(C)nc34)c2Cl)cc1.CNC(=O)c1ccc(/C=C/C(=O)NCC(=O)N(C)c2ccc(C)c(COc3cccc4ccc(C)nc34)c2C)cc1. The van der Waals surface area contributed by atoms with Gasteiger partial charge in [0.25, 0.3) is 5.91 Å². The van der Waals surface area contributed by atoms with Gasteiger partial charge < -0.3 is 40.5 Å². The molecule has 482 valence electrons. The molecule has 0 aliphatic heterocycles. The third-order valence-electron chi connectivity index (χ3n) is 14.7. The van der Waals surface area contributed by atoms with Gasteiger partial charge in [-0.25, -0.2) is 9.97 Å². The fourth-order valence-electron chi connectivity index (χ4n) is 9.35. The van der Waals surface area contributed by atoms with Crippen LogP contribution in [0.2, 0.25) is 5.02 Å². The number of rotatable bonds is 23. The molecule has 17 heteroatoms. The molecule has 0 bridgehead atoms. The smallest absolute Gasteiger partial charge is 0.251 e. The van der Waals surface area contributed by atoms with Gasteiger partial charge in [0.2, 0.25) is 29.5 Å². The molecule has 0 spiro atoms. The lowest BCUT2D eigenvalue weighted by Crippen LogP contribution is -2.38. The average Bonchev–Trinajstić information content (AvgIpc) is 1.00. The van der Waals surface area contributed by atoms with Gasteiger partial charge in [-0.3, -0.25) is 28.8 Å². The number of amides is 6. The van der Waals surface area contributed by atoms with E-state index in [1.807, 2.05) is 133 Å². The largest absolute Gasteiger partial charge is 0.487 e. The summed E-state index contributed by atoms with van der Waals surface area (Å²) in [6, 6.07) is 41.0. The van der Waals surface area contributed by atoms with Gasteiger partial charge in [-0.1, -0.05) is 131 Å². The maximum absolute atomic E-state index is 13.0. The molecular weight excluding hydrogens is 1180 g/mol. The van der Waals surface area contributed by atoms with Crippen molar-refractivity contribution in [3.05, 3.63) is 219 Å². The summed E-state index contributed by atoms with van der Waals surface area (Å²) >= 11 is 6.77. The molecule has 6 aromatic carbocycles. The first-order valence-electron chi connectivity index (χ1n) is 30.8. The van der Waals surface area contributed by atoms with Crippen molar-refractivity contribution < 1.29 is 38.2 Å². The van der Waals surface area contributed by atoms with Crippen LogP contribution in [0.1, 0.15) is 120 Å². The summed E-state index contributed by atoms with van der Waals surface area (Å²) in [5.74, 6) is -0.383. The van der Waals surface area contributed by atoms with Crippen molar-refractivity contribution in [2.75, 3.05) is 49.3 Å². The number of carbonyl (C=O) groups excluding carboxylic acids is 6. The molecule has 0 fully saturated rings. The predicted molar refractivity (Wildman–Crippen MR) is 376 cm³/mol. The molecular formula is C75H87ClN8O8. The Labute approximate surface area is 547 Å². The number of carbonyl (C=O) groups is 6. The number of anilines is 3. The number of benzene rings is 6. The quantitative estimate of drug-likeness (QED) is 0.0271. The number of aromatic nitrogens is 2. The van der Waals surface area contributed by atoms with Crippen LogP contribution < -0.4 is 40.5 Å². The Morgan fingerprint density at radius 1 is 0.587 bits per heavy atom. The lowest BCUT2D eigenvalue weighted by Gasteiger charge is -2.23. The van der Waals surface area contributed by atoms with E-state index in [1.165, 1.54) is 56.1 Å². The number of hydrogen-bond acceptors (Lipinski definition) is 10. The molecule has 16 nitrogen and oxygen atoms in total. The Hall–Kier alpha value is -9.93. The van der Waals surface area contributed by atoms with Gasteiger partial charge in [-0.2, -0.15) is 0 Å². The van der Waals surface area contributed by atoms with E-state index >= 15 is 0 Å². The molecule has 0 atom stereocenters. The third-order valence-corrected chi connectivity index (χ3v) is 15.1. The van der Waals surface area contributed by atoms with Crippen molar-refractivity contribution in [1.29, 1.82) is 0 Å². The Bertz CT molecular complexity index is 3900. The molecule has 0 saturated carbocycles. The predicted octanol–water partition coefficient (Wildman–Crippen LogP) is 14.9. The van der Waals surface area contributed by atoms with Crippen LogP contribution in [0.5, 0.6) is 11.5 Å².